The molecule has 21 heavy (non-hydrogen) atoms. The van der Waals surface area contributed by atoms with Crippen molar-refractivity contribution in [2.45, 2.75) is 4.83 Å². The maximum Gasteiger partial charge on any atom is 0.119 e. The average Bonchev–Trinajstić information content (AvgIpc) is 2.53. The third-order valence-electron chi connectivity index (χ3n) is 3.54. The Kier molecular flexibility index (Phi) is 4.50. The van der Waals surface area contributed by atoms with E-state index in [1.54, 1.807) is 7.11 Å². The Balaban J connectivity index is 2.03. The normalized spacial score (nSPS) is 12.3. The van der Waals surface area contributed by atoms with Gasteiger partial charge in [-0.25, -0.2) is 0 Å². The number of rotatable bonds is 3. The molecule has 0 aromatic heterocycles. The third kappa shape index (κ3) is 3.09. The average molecular weight is 453 g/mol. The van der Waals surface area contributed by atoms with E-state index in [1.165, 1.54) is 25.5 Å². The van der Waals surface area contributed by atoms with Crippen LogP contribution in [-0.4, -0.2) is 7.11 Å². The topological polar surface area (TPSA) is 9.23 Å². The molecule has 0 aliphatic carbocycles. The molecule has 0 N–H and O–H groups in total. The van der Waals surface area contributed by atoms with E-state index < -0.39 is 0 Å². The van der Waals surface area contributed by atoms with Gasteiger partial charge in [0.1, 0.15) is 5.75 Å². The van der Waals surface area contributed by atoms with Gasteiger partial charge in [0.2, 0.25) is 0 Å². The third-order valence-corrected chi connectivity index (χ3v) is 5.55. The van der Waals surface area contributed by atoms with E-state index in [2.05, 4.69) is 93.1 Å². The lowest BCUT2D eigenvalue weighted by atomic mass is 10.0. The molecule has 1 unspecified atom stereocenters. The molecular formula is C18H14BrIO. The number of fused-ring (bicyclic) bond motifs is 1. The Bertz CT molecular complexity index is 785. The molecule has 1 nitrogen and oxygen atoms in total. The minimum absolute atomic E-state index is 0.206. The van der Waals surface area contributed by atoms with Crippen molar-refractivity contribution in [1.29, 1.82) is 0 Å². The maximum atomic E-state index is 5.27. The summed E-state index contributed by atoms with van der Waals surface area (Å²) in [5.41, 5.74) is 2.56. The quantitative estimate of drug-likeness (QED) is 0.353. The van der Waals surface area contributed by atoms with Crippen LogP contribution in [0.3, 0.4) is 0 Å². The summed E-state index contributed by atoms with van der Waals surface area (Å²) in [4.78, 5) is 0.206. The van der Waals surface area contributed by atoms with Crippen molar-refractivity contribution in [3.05, 3.63) is 75.4 Å². The van der Waals surface area contributed by atoms with Crippen LogP contribution in [0.15, 0.2) is 60.7 Å². The summed E-state index contributed by atoms with van der Waals surface area (Å²) in [5.74, 6) is 0.892. The van der Waals surface area contributed by atoms with Gasteiger partial charge in [0.05, 0.1) is 11.9 Å². The Morgan fingerprint density at radius 1 is 0.952 bits per heavy atom. The molecule has 0 saturated carbocycles. The zero-order valence-corrected chi connectivity index (χ0v) is 15.3. The molecule has 0 bridgehead atoms. The van der Waals surface area contributed by atoms with Gasteiger partial charge >= 0.3 is 0 Å². The van der Waals surface area contributed by atoms with Crippen LogP contribution in [0.2, 0.25) is 0 Å². The van der Waals surface area contributed by atoms with Crippen molar-refractivity contribution in [3.8, 4) is 5.75 Å². The lowest BCUT2D eigenvalue weighted by molar-refractivity contribution is 0.415. The second-order valence-corrected chi connectivity index (χ2v) is 6.93. The molecule has 0 amide bonds. The lowest BCUT2D eigenvalue weighted by Crippen LogP contribution is -1.95. The molecule has 1 atom stereocenters. The highest BCUT2D eigenvalue weighted by atomic mass is 127. The van der Waals surface area contributed by atoms with Gasteiger partial charge in [0.25, 0.3) is 0 Å². The monoisotopic (exact) mass is 452 g/mol. The predicted molar refractivity (Wildman–Crippen MR) is 100 cm³/mol. The second kappa shape index (κ2) is 6.36. The largest absolute Gasteiger partial charge is 0.497 e. The first-order valence-electron chi connectivity index (χ1n) is 6.65. The Morgan fingerprint density at radius 2 is 1.67 bits per heavy atom. The van der Waals surface area contributed by atoms with Crippen LogP contribution in [0.1, 0.15) is 16.0 Å². The second-order valence-electron chi connectivity index (χ2n) is 4.86. The molecule has 3 aromatic rings. The molecule has 0 saturated heterocycles. The van der Waals surface area contributed by atoms with Crippen LogP contribution in [0.4, 0.5) is 0 Å². The van der Waals surface area contributed by atoms with Crippen molar-refractivity contribution in [1.82, 2.24) is 0 Å². The summed E-state index contributed by atoms with van der Waals surface area (Å²) in [6, 6.07) is 21.2. The molecule has 0 aliphatic heterocycles. The van der Waals surface area contributed by atoms with Crippen LogP contribution in [-0.2, 0) is 0 Å². The lowest BCUT2D eigenvalue weighted by Gasteiger charge is -2.14. The molecule has 0 fully saturated rings. The summed E-state index contributed by atoms with van der Waals surface area (Å²) in [5, 5.41) is 2.42. The van der Waals surface area contributed by atoms with Gasteiger partial charge in [-0.15, -0.1) is 0 Å². The standard InChI is InChI=1S/C18H14BrIO/c1-21-15-9-8-12-10-14(7-6-13(12)11-15)18(19)16-4-2-3-5-17(16)20/h2-11,18H,1H3. The summed E-state index contributed by atoms with van der Waals surface area (Å²) in [6.45, 7) is 0. The predicted octanol–water partition coefficient (Wildman–Crippen LogP) is 5.94. The first-order valence-corrected chi connectivity index (χ1v) is 8.64. The number of ether oxygens (including phenoxy) is 1. The van der Waals surface area contributed by atoms with E-state index in [0.29, 0.717) is 0 Å². The van der Waals surface area contributed by atoms with E-state index in [9.17, 15) is 0 Å². The van der Waals surface area contributed by atoms with E-state index in [4.69, 9.17) is 4.74 Å². The summed E-state index contributed by atoms with van der Waals surface area (Å²) in [6.07, 6.45) is 0. The van der Waals surface area contributed by atoms with Gasteiger partial charge in [-0.2, -0.15) is 0 Å². The van der Waals surface area contributed by atoms with E-state index in [-0.39, 0.29) is 4.83 Å². The van der Waals surface area contributed by atoms with Crippen molar-refractivity contribution >= 4 is 49.3 Å². The molecular weight excluding hydrogens is 439 g/mol. The van der Waals surface area contributed by atoms with Gasteiger partial charge in [-0.3, -0.25) is 0 Å². The minimum atomic E-state index is 0.206. The molecule has 3 rings (SSSR count). The number of methoxy groups -OCH3 is 1. The number of benzene rings is 3. The maximum absolute atomic E-state index is 5.27. The molecule has 0 heterocycles. The number of halogens is 2. The first-order chi connectivity index (χ1) is 10.2. The van der Waals surface area contributed by atoms with Gasteiger partial charge in [-0.1, -0.05) is 52.3 Å². The number of hydrogen-bond donors (Lipinski definition) is 0. The zero-order valence-electron chi connectivity index (χ0n) is 11.5. The molecule has 0 spiro atoms. The van der Waals surface area contributed by atoms with Gasteiger partial charge in [0.15, 0.2) is 0 Å². The summed E-state index contributed by atoms with van der Waals surface area (Å²) < 4.78 is 6.54. The zero-order chi connectivity index (χ0) is 14.8. The smallest absolute Gasteiger partial charge is 0.119 e. The number of hydrogen-bond acceptors (Lipinski definition) is 1. The highest BCUT2D eigenvalue weighted by Crippen LogP contribution is 2.35. The number of alkyl halides is 1. The fourth-order valence-corrected chi connectivity index (χ4v) is 4.20. The van der Waals surface area contributed by atoms with Gasteiger partial charge < -0.3 is 4.74 Å². The van der Waals surface area contributed by atoms with Gasteiger partial charge in [-0.05, 0) is 68.8 Å². The molecule has 3 heteroatoms. The van der Waals surface area contributed by atoms with E-state index in [1.807, 2.05) is 6.07 Å². The molecule has 0 radical (unpaired) electrons. The molecule has 0 aliphatic rings. The fraction of sp³-hybridized carbons (Fsp3) is 0.111. The fourth-order valence-electron chi connectivity index (χ4n) is 2.39. The first kappa shape index (κ1) is 14.9. The SMILES string of the molecule is COc1ccc2cc(C(Br)c3ccccc3I)ccc2c1. The van der Waals surface area contributed by atoms with E-state index >= 15 is 0 Å². The Hall–Kier alpha value is -1.07. The van der Waals surface area contributed by atoms with Crippen molar-refractivity contribution in [3.63, 3.8) is 0 Å². The van der Waals surface area contributed by atoms with Crippen molar-refractivity contribution in [2.75, 3.05) is 7.11 Å². The minimum Gasteiger partial charge on any atom is -0.497 e. The summed E-state index contributed by atoms with van der Waals surface area (Å²) >= 11 is 6.21. The van der Waals surface area contributed by atoms with E-state index in [0.717, 1.165) is 5.75 Å². The highest BCUT2D eigenvalue weighted by Gasteiger charge is 2.13. The van der Waals surface area contributed by atoms with Crippen LogP contribution < -0.4 is 4.74 Å². The van der Waals surface area contributed by atoms with Gasteiger partial charge in [0, 0.05) is 3.57 Å². The van der Waals surface area contributed by atoms with Crippen LogP contribution in [0, 0.1) is 3.57 Å². The van der Waals surface area contributed by atoms with Crippen LogP contribution in [0.25, 0.3) is 10.8 Å². The molecule has 3 aromatic carbocycles. The van der Waals surface area contributed by atoms with Crippen LogP contribution >= 0.6 is 38.5 Å². The van der Waals surface area contributed by atoms with Crippen molar-refractivity contribution in [2.24, 2.45) is 0 Å². The molecule has 106 valence electrons. The Morgan fingerprint density at radius 3 is 2.43 bits per heavy atom. The summed E-state index contributed by atoms with van der Waals surface area (Å²) in [7, 11) is 1.70. The highest BCUT2D eigenvalue weighted by molar-refractivity contribution is 14.1. The Labute approximate surface area is 146 Å². The van der Waals surface area contributed by atoms with Crippen molar-refractivity contribution < 1.29 is 4.74 Å². The van der Waals surface area contributed by atoms with Crippen LogP contribution in [0.5, 0.6) is 5.75 Å².